The lowest BCUT2D eigenvalue weighted by Crippen LogP contribution is -2.36. The lowest BCUT2D eigenvalue weighted by Gasteiger charge is -2.34. The van der Waals surface area contributed by atoms with E-state index >= 15 is 0 Å². The number of nitrogens with one attached hydrogen (secondary N) is 2. The minimum atomic E-state index is -4.51. The fraction of sp³-hybridized carbons (Fsp3) is 0.185. The Morgan fingerprint density at radius 1 is 1.03 bits per heavy atom. The van der Waals surface area contributed by atoms with Gasteiger partial charge in [-0.05, 0) is 40.5 Å². The summed E-state index contributed by atoms with van der Waals surface area (Å²) in [5, 5.41) is 10.5. The molecular weight excluding hydrogens is 489 g/mol. The molecule has 0 aliphatic carbocycles. The number of benzene rings is 3. The van der Waals surface area contributed by atoms with Gasteiger partial charge in [0.1, 0.15) is 11.4 Å². The van der Waals surface area contributed by atoms with Crippen molar-refractivity contribution in [2.45, 2.75) is 31.2 Å². The van der Waals surface area contributed by atoms with E-state index in [2.05, 4.69) is 15.7 Å². The molecule has 0 fully saturated rings. The summed E-state index contributed by atoms with van der Waals surface area (Å²) in [5.74, 6) is -0.444. The van der Waals surface area contributed by atoms with Crippen LogP contribution >= 0.6 is 11.6 Å². The highest BCUT2D eigenvalue weighted by molar-refractivity contribution is 6.30. The number of anilines is 1. The molecule has 0 radical (unpaired) electrons. The summed E-state index contributed by atoms with van der Waals surface area (Å²) in [6.07, 6.45) is -3.54. The molecule has 2 heterocycles. The molecule has 0 saturated carbocycles. The van der Waals surface area contributed by atoms with E-state index in [1.807, 2.05) is 36.4 Å². The van der Waals surface area contributed by atoms with Crippen LogP contribution in [0.15, 0.2) is 85.1 Å². The zero-order valence-corrected chi connectivity index (χ0v) is 19.7. The third kappa shape index (κ3) is 4.95. The van der Waals surface area contributed by atoms with Gasteiger partial charge in [0.05, 0.1) is 12.2 Å². The molecule has 0 saturated heterocycles. The van der Waals surface area contributed by atoms with Crippen molar-refractivity contribution in [1.82, 2.24) is 15.1 Å². The third-order valence-electron chi connectivity index (χ3n) is 6.24. The van der Waals surface area contributed by atoms with E-state index in [-0.39, 0.29) is 24.3 Å². The second-order valence-corrected chi connectivity index (χ2v) is 9.08. The van der Waals surface area contributed by atoms with Gasteiger partial charge >= 0.3 is 6.18 Å². The molecule has 0 spiro atoms. The van der Waals surface area contributed by atoms with E-state index in [1.165, 1.54) is 6.20 Å². The number of carbonyl (C=O) groups is 1. The monoisotopic (exact) mass is 510 g/mol. The third-order valence-corrected chi connectivity index (χ3v) is 6.49. The van der Waals surface area contributed by atoms with Crippen LogP contribution in [-0.2, 0) is 6.54 Å². The standard InChI is InChI=1S/C27H22ClF3N4O/c28-21-11-9-18(10-12-21)20-8-4-5-17(13-20)15-32-26(36)22-16-33-35-24(27(29,30)31)14-23(34-25(22)35)19-6-2-1-3-7-19/h1-13,16,23-24,34H,14-15H2,(H,32,36). The van der Waals surface area contributed by atoms with Crippen LogP contribution in [0.4, 0.5) is 19.0 Å². The van der Waals surface area contributed by atoms with Gasteiger partial charge in [-0.15, -0.1) is 0 Å². The molecule has 184 valence electrons. The van der Waals surface area contributed by atoms with Crippen molar-refractivity contribution < 1.29 is 18.0 Å². The Morgan fingerprint density at radius 3 is 2.50 bits per heavy atom. The van der Waals surface area contributed by atoms with E-state index in [0.29, 0.717) is 10.6 Å². The summed E-state index contributed by atoms with van der Waals surface area (Å²) < 4.78 is 42.5. The summed E-state index contributed by atoms with van der Waals surface area (Å²) >= 11 is 5.97. The van der Waals surface area contributed by atoms with Crippen molar-refractivity contribution >= 4 is 23.3 Å². The van der Waals surface area contributed by atoms with E-state index in [9.17, 15) is 18.0 Å². The number of nitrogens with zero attached hydrogens (tertiary/aromatic N) is 2. The highest BCUT2D eigenvalue weighted by Crippen LogP contribution is 2.44. The zero-order chi connectivity index (χ0) is 25.3. The maximum atomic E-state index is 13.9. The van der Waals surface area contributed by atoms with E-state index < -0.39 is 24.2 Å². The highest BCUT2D eigenvalue weighted by atomic mass is 35.5. The minimum absolute atomic E-state index is 0.0600. The Hall–Kier alpha value is -3.78. The maximum Gasteiger partial charge on any atom is 0.410 e. The molecule has 2 N–H and O–H groups in total. The predicted octanol–water partition coefficient (Wildman–Crippen LogP) is 6.79. The van der Waals surface area contributed by atoms with Gasteiger partial charge in [-0.3, -0.25) is 4.79 Å². The molecule has 1 aliphatic rings. The lowest BCUT2D eigenvalue weighted by molar-refractivity contribution is -0.173. The summed E-state index contributed by atoms with van der Waals surface area (Å²) in [5.41, 5.74) is 3.57. The summed E-state index contributed by atoms with van der Waals surface area (Å²) in [7, 11) is 0. The largest absolute Gasteiger partial charge is 0.410 e. The van der Waals surface area contributed by atoms with Gasteiger partial charge in [0.25, 0.3) is 5.91 Å². The van der Waals surface area contributed by atoms with Crippen molar-refractivity contribution in [2.75, 3.05) is 5.32 Å². The number of hydrogen-bond acceptors (Lipinski definition) is 3. The number of hydrogen-bond donors (Lipinski definition) is 2. The number of aromatic nitrogens is 2. The summed E-state index contributed by atoms with van der Waals surface area (Å²) in [6, 6.07) is 21.5. The number of amides is 1. The van der Waals surface area contributed by atoms with Crippen molar-refractivity contribution in [2.24, 2.45) is 0 Å². The fourth-order valence-corrected chi connectivity index (χ4v) is 4.54. The van der Waals surface area contributed by atoms with E-state index in [0.717, 1.165) is 21.4 Å². The van der Waals surface area contributed by atoms with Crippen LogP contribution in [-0.4, -0.2) is 21.9 Å². The molecule has 5 rings (SSSR count). The Bertz CT molecular complexity index is 1370. The first-order chi connectivity index (χ1) is 17.3. The molecule has 9 heteroatoms. The average molecular weight is 511 g/mol. The maximum absolute atomic E-state index is 13.9. The van der Waals surface area contributed by atoms with Crippen molar-refractivity contribution in [3.05, 3.63) is 107 Å². The zero-order valence-electron chi connectivity index (χ0n) is 19.0. The molecule has 0 bridgehead atoms. The van der Waals surface area contributed by atoms with Crippen molar-refractivity contribution in [3.8, 4) is 11.1 Å². The second kappa shape index (κ2) is 9.70. The van der Waals surface area contributed by atoms with Crippen LogP contribution in [0.25, 0.3) is 11.1 Å². The van der Waals surface area contributed by atoms with Gasteiger partial charge in [-0.1, -0.05) is 72.3 Å². The Balaban J connectivity index is 1.36. The van der Waals surface area contributed by atoms with Crippen LogP contribution in [0.3, 0.4) is 0 Å². The van der Waals surface area contributed by atoms with Gasteiger partial charge in [-0.25, -0.2) is 4.68 Å². The minimum Gasteiger partial charge on any atom is -0.363 e. The molecule has 1 aromatic heterocycles. The lowest BCUT2D eigenvalue weighted by atomic mass is 9.96. The Morgan fingerprint density at radius 2 is 1.78 bits per heavy atom. The molecule has 1 amide bonds. The van der Waals surface area contributed by atoms with Gasteiger partial charge in [0.15, 0.2) is 6.04 Å². The van der Waals surface area contributed by atoms with Crippen LogP contribution in [0, 0.1) is 0 Å². The highest BCUT2D eigenvalue weighted by Gasteiger charge is 2.47. The van der Waals surface area contributed by atoms with Crippen LogP contribution < -0.4 is 10.6 Å². The Kier molecular flexibility index (Phi) is 6.45. The average Bonchev–Trinajstić information content (AvgIpc) is 3.31. The smallest absolute Gasteiger partial charge is 0.363 e. The SMILES string of the molecule is O=C(NCc1cccc(-c2ccc(Cl)cc2)c1)c1cnn2c1NC(c1ccccc1)CC2C(F)(F)F. The fourth-order valence-electron chi connectivity index (χ4n) is 4.41. The number of fused-ring (bicyclic) bond motifs is 1. The quantitative estimate of drug-likeness (QED) is 0.310. The number of carbonyl (C=O) groups excluding carboxylic acids is 1. The van der Waals surface area contributed by atoms with Gasteiger partial charge < -0.3 is 10.6 Å². The summed E-state index contributed by atoms with van der Waals surface area (Å²) in [4.78, 5) is 13.0. The Labute approximate surface area is 210 Å². The first-order valence-corrected chi connectivity index (χ1v) is 11.8. The number of alkyl halides is 3. The second-order valence-electron chi connectivity index (χ2n) is 8.64. The van der Waals surface area contributed by atoms with Gasteiger partial charge in [0.2, 0.25) is 0 Å². The molecule has 4 aromatic rings. The topological polar surface area (TPSA) is 59.0 Å². The molecule has 36 heavy (non-hydrogen) atoms. The van der Waals surface area contributed by atoms with Gasteiger partial charge in [0, 0.05) is 18.0 Å². The molecular formula is C27H22ClF3N4O. The molecule has 3 aromatic carbocycles. The van der Waals surface area contributed by atoms with Gasteiger partial charge in [-0.2, -0.15) is 18.3 Å². The van der Waals surface area contributed by atoms with E-state index in [1.54, 1.807) is 42.5 Å². The number of halogens is 4. The summed E-state index contributed by atoms with van der Waals surface area (Å²) in [6.45, 7) is 0.204. The molecule has 2 atom stereocenters. The van der Waals surface area contributed by atoms with Crippen molar-refractivity contribution in [1.29, 1.82) is 0 Å². The molecule has 5 nitrogen and oxygen atoms in total. The normalized spacial score (nSPS) is 17.2. The van der Waals surface area contributed by atoms with Crippen LogP contribution in [0.1, 0.15) is 40.0 Å². The van der Waals surface area contributed by atoms with Crippen molar-refractivity contribution in [3.63, 3.8) is 0 Å². The first-order valence-electron chi connectivity index (χ1n) is 11.4. The molecule has 2 unspecified atom stereocenters. The first kappa shape index (κ1) is 23.9. The predicted molar refractivity (Wildman–Crippen MR) is 133 cm³/mol. The van der Waals surface area contributed by atoms with Crippen LogP contribution in [0.2, 0.25) is 5.02 Å². The molecule has 1 aliphatic heterocycles. The van der Waals surface area contributed by atoms with E-state index in [4.69, 9.17) is 11.6 Å². The number of rotatable bonds is 5. The van der Waals surface area contributed by atoms with Crippen LogP contribution in [0.5, 0.6) is 0 Å².